The van der Waals surface area contributed by atoms with Crippen molar-refractivity contribution in [2.75, 3.05) is 13.2 Å². The van der Waals surface area contributed by atoms with Gasteiger partial charge in [0.05, 0.1) is 12.5 Å². The summed E-state index contributed by atoms with van der Waals surface area (Å²) in [7, 11) is 0. The lowest BCUT2D eigenvalue weighted by molar-refractivity contribution is -0.125. The van der Waals surface area contributed by atoms with E-state index in [1.807, 2.05) is 31.2 Å². The molecule has 1 unspecified atom stereocenters. The van der Waals surface area contributed by atoms with Crippen molar-refractivity contribution in [3.05, 3.63) is 29.8 Å². The summed E-state index contributed by atoms with van der Waals surface area (Å²) in [6.45, 7) is 5.53. The number of hydrogen-bond acceptors (Lipinski definition) is 3. The quantitative estimate of drug-likeness (QED) is 0.896. The van der Waals surface area contributed by atoms with Crippen LogP contribution in [-0.4, -0.2) is 30.0 Å². The molecule has 0 saturated carbocycles. The van der Waals surface area contributed by atoms with E-state index in [1.165, 1.54) is 0 Å². The number of nitrogens with zero attached hydrogens (tertiary/aromatic N) is 1. The molecule has 3 amide bonds. The van der Waals surface area contributed by atoms with E-state index in [9.17, 15) is 9.59 Å². The van der Waals surface area contributed by atoms with E-state index < -0.39 is 0 Å². The summed E-state index contributed by atoms with van der Waals surface area (Å²) >= 11 is 0. The van der Waals surface area contributed by atoms with Crippen LogP contribution in [0.25, 0.3) is 0 Å². The van der Waals surface area contributed by atoms with E-state index >= 15 is 0 Å². The molecule has 1 aromatic carbocycles. The Balaban J connectivity index is 1.95. The van der Waals surface area contributed by atoms with Crippen LogP contribution in [0, 0.1) is 5.92 Å². The SMILES string of the molecule is CCCOc1ccc(CN2CC(C)C(=O)NC2=O)cc1. The predicted molar refractivity (Wildman–Crippen MR) is 75.3 cm³/mol. The fourth-order valence-electron chi connectivity index (χ4n) is 2.07. The molecule has 0 aliphatic carbocycles. The van der Waals surface area contributed by atoms with Gasteiger partial charge in [0.1, 0.15) is 5.75 Å². The van der Waals surface area contributed by atoms with Gasteiger partial charge in [-0.15, -0.1) is 0 Å². The molecular formula is C15H20N2O3. The number of urea groups is 1. The highest BCUT2D eigenvalue weighted by molar-refractivity contribution is 5.97. The second kappa shape index (κ2) is 6.41. The van der Waals surface area contributed by atoms with Gasteiger partial charge in [-0.3, -0.25) is 10.1 Å². The van der Waals surface area contributed by atoms with Crippen LogP contribution in [0.15, 0.2) is 24.3 Å². The van der Waals surface area contributed by atoms with Crippen molar-refractivity contribution in [2.45, 2.75) is 26.8 Å². The maximum absolute atomic E-state index is 11.7. The van der Waals surface area contributed by atoms with Crippen molar-refractivity contribution in [3.8, 4) is 5.75 Å². The van der Waals surface area contributed by atoms with Gasteiger partial charge < -0.3 is 9.64 Å². The van der Waals surface area contributed by atoms with E-state index in [4.69, 9.17) is 4.74 Å². The lowest BCUT2D eigenvalue weighted by Crippen LogP contribution is -2.53. The van der Waals surface area contributed by atoms with Crippen LogP contribution in [0.3, 0.4) is 0 Å². The molecule has 20 heavy (non-hydrogen) atoms. The van der Waals surface area contributed by atoms with Crippen LogP contribution in [-0.2, 0) is 11.3 Å². The third kappa shape index (κ3) is 3.50. The molecule has 108 valence electrons. The van der Waals surface area contributed by atoms with Gasteiger partial charge in [0.25, 0.3) is 0 Å². The van der Waals surface area contributed by atoms with E-state index in [2.05, 4.69) is 12.2 Å². The number of hydrogen-bond donors (Lipinski definition) is 1. The summed E-state index contributed by atoms with van der Waals surface area (Å²) < 4.78 is 5.51. The summed E-state index contributed by atoms with van der Waals surface area (Å²) in [6, 6.07) is 7.38. The second-order valence-corrected chi connectivity index (χ2v) is 5.07. The van der Waals surface area contributed by atoms with Gasteiger partial charge in [0.2, 0.25) is 5.91 Å². The fraction of sp³-hybridized carbons (Fsp3) is 0.467. The largest absolute Gasteiger partial charge is 0.494 e. The molecule has 1 heterocycles. The Hall–Kier alpha value is -2.04. The molecule has 1 fully saturated rings. The monoisotopic (exact) mass is 276 g/mol. The van der Waals surface area contributed by atoms with Crippen molar-refractivity contribution in [3.63, 3.8) is 0 Å². The Morgan fingerprint density at radius 3 is 2.65 bits per heavy atom. The van der Waals surface area contributed by atoms with E-state index in [1.54, 1.807) is 4.90 Å². The van der Waals surface area contributed by atoms with Crippen LogP contribution in [0.5, 0.6) is 5.75 Å². The molecule has 0 spiro atoms. The number of rotatable bonds is 5. The number of benzene rings is 1. The first-order valence-electron chi connectivity index (χ1n) is 6.91. The first kappa shape index (κ1) is 14.4. The van der Waals surface area contributed by atoms with Crippen molar-refractivity contribution in [1.82, 2.24) is 10.2 Å². The van der Waals surface area contributed by atoms with Crippen LogP contribution < -0.4 is 10.1 Å². The van der Waals surface area contributed by atoms with Crippen molar-refractivity contribution < 1.29 is 14.3 Å². The topological polar surface area (TPSA) is 58.6 Å². The molecular weight excluding hydrogens is 256 g/mol. The Bertz CT molecular complexity index is 484. The van der Waals surface area contributed by atoms with Gasteiger partial charge in [-0.1, -0.05) is 26.0 Å². The number of imide groups is 1. The fourth-order valence-corrected chi connectivity index (χ4v) is 2.07. The smallest absolute Gasteiger partial charge is 0.324 e. The zero-order valence-corrected chi connectivity index (χ0v) is 11.9. The van der Waals surface area contributed by atoms with Crippen molar-refractivity contribution >= 4 is 11.9 Å². The predicted octanol–water partition coefficient (Wildman–Crippen LogP) is 2.16. The first-order valence-corrected chi connectivity index (χ1v) is 6.91. The van der Waals surface area contributed by atoms with Gasteiger partial charge in [-0.2, -0.15) is 0 Å². The summed E-state index contributed by atoms with van der Waals surface area (Å²) in [6.07, 6.45) is 0.974. The Morgan fingerprint density at radius 2 is 2.00 bits per heavy atom. The van der Waals surface area contributed by atoms with Crippen molar-refractivity contribution in [1.29, 1.82) is 0 Å². The average molecular weight is 276 g/mol. The van der Waals surface area contributed by atoms with Crippen LogP contribution in [0.2, 0.25) is 0 Å². The van der Waals surface area contributed by atoms with Crippen LogP contribution in [0.1, 0.15) is 25.8 Å². The number of carbonyl (C=O) groups excluding carboxylic acids is 2. The van der Waals surface area contributed by atoms with Crippen LogP contribution >= 0.6 is 0 Å². The van der Waals surface area contributed by atoms with E-state index in [0.29, 0.717) is 19.7 Å². The van der Waals surface area contributed by atoms with Gasteiger partial charge in [0, 0.05) is 13.1 Å². The Morgan fingerprint density at radius 1 is 1.30 bits per heavy atom. The second-order valence-electron chi connectivity index (χ2n) is 5.07. The standard InChI is InChI=1S/C15H20N2O3/c1-3-8-20-13-6-4-12(5-7-13)10-17-9-11(2)14(18)16-15(17)19/h4-7,11H,3,8-10H2,1-2H3,(H,16,18,19). The maximum Gasteiger partial charge on any atom is 0.324 e. The molecule has 0 radical (unpaired) electrons. The minimum absolute atomic E-state index is 0.167. The Kier molecular flexibility index (Phi) is 4.61. The number of carbonyl (C=O) groups is 2. The zero-order valence-electron chi connectivity index (χ0n) is 11.9. The van der Waals surface area contributed by atoms with E-state index in [-0.39, 0.29) is 17.9 Å². The molecule has 1 atom stereocenters. The summed E-state index contributed by atoms with van der Waals surface area (Å²) in [5, 5.41) is 2.36. The summed E-state index contributed by atoms with van der Waals surface area (Å²) in [5.74, 6) is 0.469. The minimum Gasteiger partial charge on any atom is -0.494 e. The molecule has 0 bridgehead atoms. The highest BCUT2D eigenvalue weighted by Gasteiger charge is 2.28. The number of nitrogens with one attached hydrogen (secondary N) is 1. The van der Waals surface area contributed by atoms with Crippen LogP contribution in [0.4, 0.5) is 4.79 Å². The Labute approximate surface area is 118 Å². The molecule has 2 rings (SSSR count). The highest BCUT2D eigenvalue weighted by atomic mass is 16.5. The molecule has 5 heteroatoms. The molecule has 1 aromatic rings. The minimum atomic E-state index is -0.320. The summed E-state index contributed by atoms with van der Waals surface area (Å²) in [5.41, 5.74) is 1.02. The molecule has 1 saturated heterocycles. The highest BCUT2D eigenvalue weighted by Crippen LogP contribution is 2.16. The lowest BCUT2D eigenvalue weighted by atomic mass is 10.1. The number of amides is 3. The van der Waals surface area contributed by atoms with Crippen molar-refractivity contribution in [2.24, 2.45) is 5.92 Å². The van der Waals surface area contributed by atoms with Gasteiger partial charge >= 0.3 is 6.03 Å². The first-order chi connectivity index (χ1) is 9.60. The lowest BCUT2D eigenvalue weighted by Gasteiger charge is -2.30. The van der Waals surface area contributed by atoms with Gasteiger partial charge in [0.15, 0.2) is 0 Å². The molecule has 1 aliphatic rings. The third-order valence-electron chi connectivity index (χ3n) is 3.23. The normalized spacial score (nSPS) is 18.9. The zero-order chi connectivity index (χ0) is 14.5. The third-order valence-corrected chi connectivity index (χ3v) is 3.23. The molecule has 5 nitrogen and oxygen atoms in total. The maximum atomic E-state index is 11.7. The molecule has 0 aromatic heterocycles. The number of ether oxygens (including phenoxy) is 1. The van der Waals surface area contributed by atoms with E-state index in [0.717, 1.165) is 17.7 Å². The average Bonchev–Trinajstić information content (AvgIpc) is 2.44. The molecule has 1 aliphatic heterocycles. The molecule has 1 N–H and O–H groups in total. The van der Waals surface area contributed by atoms with Gasteiger partial charge in [-0.05, 0) is 24.1 Å². The summed E-state index contributed by atoms with van der Waals surface area (Å²) in [4.78, 5) is 24.8. The van der Waals surface area contributed by atoms with Gasteiger partial charge in [-0.25, -0.2) is 4.79 Å².